The topological polar surface area (TPSA) is 59.3 Å². The monoisotopic (exact) mass is 351 g/mol. The molecule has 25 heavy (non-hydrogen) atoms. The van der Waals surface area contributed by atoms with E-state index in [4.69, 9.17) is 16.0 Å². The van der Waals surface area contributed by atoms with Crippen molar-refractivity contribution in [2.45, 2.75) is 0 Å². The zero-order valence-corrected chi connectivity index (χ0v) is 13.9. The fraction of sp³-hybridized carbons (Fsp3) is 0. The van der Waals surface area contributed by atoms with Gasteiger partial charge < -0.3 is 9.73 Å². The van der Waals surface area contributed by atoms with Gasteiger partial charge in [0, 0.05) is 16.3 Å². The number of furan rings is 1. The Morgan fingerprint density at radius 2 is 1.72 bits per heavy atom. The van der Waals surface area contributed by atoms with Crippen LogP contribution in [0.2, 0.25) is 5.02 Å². The van der Waals surface area contributed by atoms with E-state index < -0.39 is 0 Å². The third-order valence-electron chi connectivity index (χ3n) is 3.49. The minimum atomic E-state index is -0.345. The fourth-order valence-corrected chi connectivity index (χ4v) is 2.39. The largest absolute Gasteiger partial charge is 0.459 e. The fourth-order valence-electron chi connectivity index (χ4n) is 2.19. The molecule has 124 valence electrons. The van der Waals surface area contributed by atoms with Crippen LogP contribution in [0.3, 0.4) is 0 Å². The van der Waals surface area contributed by atoms with E-state index in [2.05, 4.69) is 5.32 Å². The average molecular weight is 352 g/mol. The lowest BCUT2D eigenvalue weighted by Gasteiger charge is -2.04. The Balaban J connectivity index is 1.66. The first-order chi connectivity index (χ1) is 12.1. The average Bonchev–Trinajstić information content (AvgIpc) is 3.16. The second-order valence-electron chi connectivity index (χ2n) is 5.23. The van der Waals surface area contributed by atoms with Crippen LogP contribution >= 0.6 is 11.6 Å². The van der Waals surface area contributed by atoms with Crippen LogP contribution in [0.25, 0.3) is 6.08 Å². The van der Waals surface area contributed by atoms with Crippen molar-refractivity contribution < 1.29 is 14.0 Å². The van der Waals surface area contributed by atoms with E-state index in [0.29, 0.717) is 16.3 Å². The summed E-state index contributed by atoms with van der Waals surface area (Å²) in [6.07, 6.45) is 4.58. The highest BCUT2D eigenvalue weighted by Crippen LogP contribution is 2.17. The summed E-state index contributed by atoms with van der Waals surface area (Å²) in [5, 5.41) is 3.28. The van der Waals surface area contributed by atoms with Gasteiger partial charge in [0.25, 0.3) is 5.91 Å². The molecule has 0 aliphatic carbocycles. The van der Waals surface area contributed by atoms with E-state index in [1.54, 1.807) is 48.5 Å². The van der Waals surface area contributed by atoms with Crippen LogP contribution in [-0.2, 0) is 0 Å². The van der Waals surface area contributed by atoms with E-state index in [-0.39, 0.29) is 17.5 Å². The number of hydrogen-bond acceptors (Lipinski definition) is 3. The quantitative estimate of drug-likeness (QED) is 0.515. The molecule has 0 aliphatic rings. The van der Waals surface area contributed by atoms with Crippen molar-refractivity contribution in [1.29, 1.82) is 0 Å². The molecular weight excluding hydrogens is 338 g/mol. The van der Waals surface area contributed by atoms with Crippen molar-refractivity contribution in [1.82, 2.24) is 0 Å². The van der Waals surface area contributed by atoms with Crippen LogP contribution in [0.1, 0.15) is 26.5 Å². The van der Waals surface area contributed by atoms with E-state index in [1.165, 1.54) is 12.3 Å². The minimum Gasteiger partial charge on any atom is -0.459 e. The molecule has 5 heteroatoms. The maximum atomic E-state index is 12.2. The highest BCUT2D eigenvalue weighted by Gasteiger charge is 2.09. The molecule has 0 unspecified atom stereocenters. The van der Waals surface area contributed by atoms with Gasteiger partial charge in [-0.2, -0.15) is 0 Å². The zero-order chi connectivity index (χ0) is 17.6. The maximum Gasteiger partial charge on any atom is 0.291 e. The normalized spacial score (nSPS) is 10.8. The van der Waals surface area contributed by atoms with Crippen LogP contribution in [0.5, 0.6) is 0 Å². The van der Waals surface area contributed by atoms with Gasteiger partial charge >= 0.3 is 0 Å². The Bertz CT molecular complexity index is 912. The van der Waals surface area contributed by atoms with E-state index >= 15 is 0 Å². The third kappa shape index (κ3) is 4.25. The molecule has 3 rings (SSSR count). The number of hydrogen-bond donors (Lipinski definition) is 1. The number of rotatable bonds is 5. The van der Waals surface area contributed by atoms with Crippen LogP contribution in [-0.4, -0.2) is 11.7 Å². The van der Waals surface area contributed by atoms with E-state index in [0.717, 1.165) is 5.56 Å². The summed E-state index contributed by atoms with van der Waals surface area (Å²) >= 11 is 6.05. The Morgan fingerprint density at radius 3 is 2.40 bits per heavy atom. The Morgan fingerprint density at radius 1 is 0.960 bits per heavy atom. The van der Waals surface area contributed by atoms with Gasteiger partial charge in [0.2, 0.25) is 0 Å². The Kier molecular flexibility index (Phi) is 5.11. The summed E-state index contributed by atoms with van der Waals surface area (Å²) in [4.78, 5) is 24.1. The molecule has 2 aromatic carbocycles. The van der Waals surface area contributed by atoms with Crippen LogP contribution < -0.4 is 5.32 Å². The lowest BCUT2D eigenvalue weighted by molar-refractivity contribution is 0.0996. The Hall–Kier alpha value is -3.11. The SMILES string of the molecule is O=C(C=Cc1ccccc1Cl)c1ccc(NC(=O)c2ccco2)cc1. The van der Waals surface area contributed by atoms with Gasteiger partial charge in [-0.25, -0.2) is 0 Å². The molecule has 0 saturated carbocycles. The standard InChI is InChI=1S/C20H14ClNO3/c21-17-5-2-1-4-14(17)9-12-18(23)15-7-10-16(11-8-15)22-20(24)19-6-3-13-25-19/h1-13H,(H,22,24). The van der Waals surface area contributed by atoms with Crippen LogP contribution in [0.15, 0.2) is 77.4 Å². The number of carbonyl (C=O) groups is 2. The van der Waals surface area contributed by atoms with Crippen molar-refractivity contribution in [3.63, 3.8) is 0 Å². The first-order valence-electron chi connectivity index (χ1n) is 7.55. The molecule has 0 saturated heterocycles. The van der Waals surface area contributed by atoms with Crippen molar-refractivity contribution >= 4 is 35.1 Å². The predicted octanol–water partition coefficient (Wildman–Crippen LogP) is 5.08. The molecule has 1 amide bonds. The van der Waals surface area contributed by atoms with Crippen LogP contribution in [0.4, 0.5) is 5.69 Å². The number of allylic oxidation sites excluding steroid dienone is 1. The molecule has 4 nitrogen and oxygen atoms in total. The molecule has 0 spiro atoms. The van der Waals surface area contributed by atoms with E-state index in [9.17, 15) is 9.59 Å². The molecular formula is C20H14ClNO3. The molecule has 0 bridgehead atoms. The van der Waals surface area contributed by atoms with Gasteiger partial charge in [0.15, 0.2) is 11.5 Å². The number of amides is 1. The summed E-state index contributed by atoms with van der Waals surface area (Å²) < 4.78 is 5.03. The molecule has 1 heterocycles. The molecule has 1 aromatic heterocycles. The second kappa shape index (κ2) is 7.64. The van der Waals surface area contributed by atoms with Gasteiger partial charge in [0.05, 0.1) is 6.26 Å². The molecule has 0 radical (unpaired) electrons. The first-order valence-corrected chi connectivity index (χ1v) is 7.93. The highest BCUT2D eigenvalue weighted by atomic mass is 35.5. The third-order valence-corrected chi connectivity index (χ3v) is 3.84. The second-order valence-corrected chi connectivity index (χ2v) is 5.64. The molecule has 0 fully saturated rings. The smallest absolute Gasteiger partial charge is 0.291 e. The summed E-state index contributed by atoms with van der Waals surface area (Å²) in [5.41, 5.74) is 1.87. The van der Waals surface area contributed by atoms with Crippen molar-refractivity contribution in [2.24, 2.45) is 0 Å². The highest BCUT2D eigenvalue weighted by molar-refractivity contribution is 6.32. The lowest BCUT2D eigenvalue weighted by Crippen LogP contribution is -2.10. The number of nitrogens with one attached hydrogen (secondary N) is 1. The van der Waals surface area contributed by atoms with Gasteiger partial charge in [-0.1, -0.05) is 29.8 Å². The van der Waals surface area contributed by atoms with Gasteiger partial charge in [-0.3, -0.25) is 9.59 Å². The summed E-state index contributed by atoms with van der Waals surface area (Å²) in [5.74, 6) is -0.269. The van der Waals surface area contributed by atoms with Gasteiger partial charge in [-0.15, -0.1) is 0 Å². The van der Waals surface area contributed by atoms with Crippen molar-refractivity contribution in [3.05, 3.63) is 94.9 Å². The molecule has 3 aromatic rings. The number of carbonyl (C=O) groups excluding carboxylic acids is 2. The molecule has 0 atom stereocenters. The predicted molar refractivity (Wildman–Crippen MR) is 97.9 cm³/mol. The van der Waals surface area contributed by atoms with E-state index in [1.807, 2.05) is 18.2 Å². The zero-order valence-electron chi connectivity index (χ0n) is 13.1. The Labute approximate surface area is 149 Å². The van der Waals surface area contributed by atoms with Crippen molar-refractivity contribution in [3.8, 4) is 0 Å². The number of ketones is 1. The van der Waals surface area contributed by atoms with Crippen LogP contribution in [0, 0.1) is 0 Å². The van der Waals surface area contributed by atoms with Gasteiger partial charge in [0.1, 0.15) is 0 Å². The lowest BCUT2D eigenvalue weighted by atomic mass is 10.1. The number of benzene rings is 2. The summed E-state index contributed by atoms with van der Waals surface area (Å²) in [6, 6.07) is 17.1. The molecule has 0 aliphatic heterocycles. The maximum absolute atomic E-state index is 12.2. The number of anilines is 1. The van der Waals surface area contributed by atoms with Gasteiger partial charge in [-0.05, 0) is 60.2 Å². The number of halogens is 1. The summed E-state index contributed by atoms with van der Waals surface area (Å²) in [7, 11) is 0. The molecule has 1 N–H and O–H groups in total. The minimum absolute atomic E-state index is 0.149. The van der Waals surface area contributed by atoms with Crippen molar-refractivity contribution in [2.75, 3.05) is 5.32 Å². The summed E-state index contributed by atoms with van der Waals surface area (Å²) in [6.45, 7) is 0. The first kappa shape index (κ1) is 16.7.